The Hall–Kier alpha value is -1.86. The SMILES string of the molecule is COc1ccc(Br)cc1C[NH+](C)CC(=O)Nc1c(C)nn(C)c1C. The molecular formula is C17H24BrN4O2+. The molecule has 1 unspecified atom stereocenters. The Kier molecular flexibility index (Phi) is 6.01. The van der Waals surface area contributed by atoms with Crippen molar-refractivity contribution in [3.05, 3.63) is 39.6 Å². The summed E-state index contributed by atoms with van der Waals surface area (Å²) in [5.41, 5.74) is 3.64. The summed E-state index contributed by atoms with van der Waals surface area (Å²) in [4.78, 5) is 13.4. The number of carbonyl (C=O) groups excluding carboxylic acids is 1. The molecule has 130 valence electrons. The van der Waals surface area contributed by atoms with Crippen LogP contribution in [0.25, 0.3) is 0 Å². The number of halogens is 1. The summed E-state index contributed by atoms with van der Waals surface area (Å²) < 4.78 is 8.16. The van der Waals surface area contributed by atoms with Gasteiger partial charge in [0.2, 0.25) is 0 Å². The van der Waals surface area contributed by atoms with Crippen molar-refractivity contribution in [2.75, 3.05) is 26.0 Å². The number of aromatic nitrogens is 2. The van der Waals surface area contributed by atoms with E-state index in [0.717, 1.165) is 37.8 Å². The van der Waals surface area contributed by atoms with E-state index in [9.17, 15) is 4.79 Å². The molecule has 2 N–H and O–H groups in total. The molecule has 7 heteroatoms. The highest BCUT2D eigenvalue weighted by molar-refractivity contribution is 9.10. The minimum Gasteiger partial charge on any atom is -0.496 e. The fraction of sp³-hybridized carbons (Fsp3) is 0.412. The third-order valence-corrected chi connectivity index (χ3v) is 4.46. The van der Waals surface area contributed by atoms with Gasteiger partial charge in [0.1, 0.15) is 12.3 Å². The molecule has 0 radical (unpaired) electrons. The Bertz CT molecular complexity index is 742. The number of ether oxygens (including phenoxy) is 1. The molecule has 0 aliphatic rings. The quantitative estimate of drug-likeness (QED) is 0.778. The van der Waals surface area contributed by atoms with Crippen LogP contribution >= 0.6 is 15.9 Å². The Morgan fingerprint density at radius 3 is 2.71 bits per heavy atom. The van der Waals surface area contributed by atoms with Crippen LogP contribution in [-0.4, -0.2) is 36.4 Å². The molecule has 1 aromatic carbocycles. The fourth-order valence-corrected chi connectivity index (χ4v) is 3.09. The molecular weight excluding hydrogens is 372 g/mol. The maximum atomic E-state index is 12.3. The first-order chi connectivity index (χ1) is 11.3. The number of benzene rings is 1. The molecule has 0 spiro atoms. The van der Waals surface area contributed by atoms with E-state index in [0.29, 0.717) is 13.1 Å². The van der Waals surface area contributed by atoms with Crippen molar-refractivity contribution >= 4 is 27.5 Å². The molecule has 0 aliphatic heterocycles. The molecule has 0 saturated heterocycles. The second-order valence-corrected chi connectivity index (χ2v) is 6.90. The van der Waals surface area contributed by atoms with Crippen molar-refractivity contribution in [3.63, 3.8) is 0 Å². The predicted molar refractivity (Wildman–Crippen MR) is 97.5 cm³/mol. The van der Waals surface area contributed by atoms with Crippen molar-refractivity contribution in [1.82, 2.24) is 9.78 Å². The van der Waals surface area contributed by atoms with Crippen molar-refractivity contribution in [3.8, 4) is 5.75 Å². The molecule has 1 atom stereocenters. The topological polar surface area (TPSA) is 60.6 Å². The summed E-state index contributed by atoms with van der Waals surface area (Å²) in [7, 11) is 5.51. The molecule has 0 fully saturated rings. The lowest BCUT2D eigenvalue weighted by Gasteiger charge is -2.16. The number of methoxy groups -OCH3 is 1. The molecule has 0 saturated carbocycles. The van der Waals surface area contributed by atoms with Gasteiger partial charge in [0, 0.05) is 17.1 Å². The van der Waals surface area contributed by atoms with Gasteiger partial charge in [0.25, 0.3) is 5.91 Å². The molecule has 1 aromatic heterocycles. The summed E-state index contributed by atoms with van der Waals surface area (Å²) in [6, 6.07) is 5.89. The Morgan fingerprint density at radius 2 is 2.12 bits per heavy atom. The maximum absolute atomic E-state index is 12.3. The van der Waals surface area contributed by atoms with E-state index in [-0.39, 0.29) is 5.91 Å². The number of aryl methyl sites for hydroxylation is 2. The van der Waals surface area contributed by atoms with Crippen molar-refractivity contribution < 1.29 is 14.4 Å². The number of likely N-dealkylation sites (N-methyl/N-ethyl adjacent to an activating group) is 1. The zero-order chi connectivity index (χ0) is 17.9. The monoisotopic (exact) mass is 395 g/mol. The minimum absolute atomic E-state index is 0.0272. The Labute approximate surface area is 150 Å². The molecule has 0 bridgehead atoms. The largest absolute Gasteiger partial charge is 0.496 e. The van der Waals surface area contributed by atoms with Gasteiger partial charge in [0.15, 0.2) is 6.54 Å². The number of carbonyl (C=O) groups is 1. The van der Waals surface area contributed by atoms with Gasteiger partial charge in [-0.25, -0.2) is 0 Å². The standard InChI is InChI=1S/C17H23BrN4O2/c1-11-17(12(2)22(4)20-11)19-16(23)10-21(3)9-13-8-14(18)6-7-15(13)24-5/h6-8H,9-10H2,1-5H3,(H,19,23)/p+1. The van der Waals surface area contributed by atoms with Gasteiger partial charge in [-0.3, -0.25) is 9.48 Å². The summed E-state index contributed by atoms with van der Waals surface area (Å²) >= 11 is 3.48. The molecule has 1 heterocycles. The average Bonchev–Trinajstić information content (AvgIpc) is 2.73. The lowest BCUT2D eigenvalue weighted by molar-refractivity contribution is -0.885. The first-order valence-electron chi connectivity index (χ1n) is 7.75. The second-order valence-electron chi connectivity index (χ2n) is 5.98. The summed E-state index contributed by atoms with van der Waals surface area (Å²) in [6.07, 6.45) is 0. The Morgan fingerprint density at radius 1 is 1.42 bits per heavy atom. The number of hydrogen-bond acceptors (Lipinski definition) is 3. The first kappa shape index (κ1) is 18.5. The summed E-state index contributed by atoms with van der Waals surface area (Å²) in [5.74, 6) is 0.803. The second kappa shape index (κ2) is 7.81. The van der Waals surface area contributed by atoms with E-state index in [1.807, 2.05) is 46.1 Å². The van der Waals surface area contributed by atoms with Crippen molar-refractivity contribution in [2.24, 2.45) is 7.05 Å². The number of rotatable bonds is 6. The van der Waals surface area contributed by atoms with Gasteiger partial charge in [-0.05, 0) is 32.0 Å². The van der Waals surface area contributed by atoms with Gasteiger partial charge in [-0.2, -0.15) is 5.10 Å². The van der Waals surface area contributed by atoms with E-state index in [1.54, 1.807) is 11.8 Å². The van der Waals surface area contributed by atoms with E-state index >= 15 is 0 Å². The number of nitrogens with one attached hydrogen (secondary N) is 2. The average molecular weight is 396 g/mol. The number of quaternary nitrogens is 1. The zero-order valence-electron chi connectivity index (χ0n) is 14.7. The first-order valence-corrected chi connectivity index (χ1v) is 8.55. The van der Waals surface area contributed by atoms with E-state index in [2.05, 4.69) is 26.3 Å². The Balaban J connectivity index is 2.00. The summed E-state index contributed by atoms with van der Waals surface area (Å²) in [6.45, 7) is 4.90. The van der Waals surface area contributed by atoms with Crippen molar-refractivity contribution in [2.45, 2.75) is 20.4 Å². The van der Waals surface area contributed by atoms with Crippen LogP contribution in [0.2, 0.25) is 0 Å². The molecule has 6 nitrogen and oxygen atoms in total. The van der Waals surface area contributed by atoms with Crippen LogP contribution in [0.1, 0.15) is 17.0 Å². The van der Waals surface area contributed by atoms with E-state index in [4.69, 9.17) is 4.74 Å². The lowest BCUT2D eigenvalue weighted by atomic mass is 10.2. The minimum atomic E-state index is -0.0272. The lowest BCUT2D eigenvalue weighted by Crippen LogP contribution is -3.08. The van der Waals surface area contributed by atoms with Gasteiger partial charge in [-0.1, -0.05) is 15.9 Å². The molecule has 2 rings (SSSR count). The number of amides is 1. The van der Waals surface area contributed by atoms with E-state index < -0.39 is 0 Å². The molecule has 0 aliphatic carbocycles. The normalized spacial score (nSPS) is 12.1. The van der Waals surface area contributed by atoms with Gasteiger partial charge in [0.05, 0.1) is 31.2 Å². The van der Waals surface area contributed by atoms with Crippen LogP contribution in [0.15, 0.2) is 22.7 Å². The molecule has 2 aromatic rings. The van der Waals surface area contributed by atoms with Gasteiger partial charge in [-0.15, -0.1) is 0 Å². The van der Waals surface area contributed by atoms with Crippen LogP contribution in [-0.2, 0) is 18.4 Å². The smallest absolute Gasteiger partial charge is 0.279 e. The highest BCUT2D eigenvalue weighted by Crippen LogP contribution is 2.22. The van der Waals surface area contributed by atoms with Gasteiger partial charge < -0.3 is 15.0 Å². The third kappa shape index (κ3) is 4.36. The molecule has 24 heavy (non-hydrogen) atoms. The summed E-state index contributed by atoms with van der Waals surface area (Å²) in [5, 5.41) is 7.29. The zero-order valence-corrected chi connectivity index (χ0v) is 16.3. The highest BCUT2D eigenvalue weighted by Gasteiger charge is 2.17. The van der Waals surface area contributed by atoms with Crippen LogP contribution in [0.4, 0.5) is 5.69 Å². The van der Waals surface area contributed by atoms with Crippen LogP contribution < -0.4 is 15.0 Å². The van der Waals surface area contributed by atoms with Gasteiger partial charge >= 0.3 is 0 Å². The van der Waals surface area contributed by atoms with E-state index in [1.165, 1.54) is 0 Å². The molecule has 1 amide bonds. The van der Waals surface area contributed by atoms with Crippen LogP contribution in [0.3, 0.4) is 0 Å². The van der Waals surface area contributed by atoms with Crippen molar-refractivity contribution in [1.29, 1.82) is 0 Å². The van der Waals surface area contributed by atoms with Crippen LogP contribution in [0.5, 0.6) is 5.75 Å². The fourth-order valence-electron chi connectivity index (χ4n) is 2.69. The number of nitrogens with zero attached hydrogens (tertiary/aromatic N) is 2. The highest BCUT2D eigenvalue weighted by atomic mass is 79.9. The third-order valence-electron chi connectivity index (χ3n) is 3.97. The number of hydrogen-bond donors (Lipinski definition) is 2. The van der Waals surface area contributed by atoms with Crippen LogP contribution in [0, 0.1) is 13.8 Å². The predicted octanol–water partition coefficient (Wildman–Crippen LogP) is 1.46. The maximum Gasteiger partial charge on any atom is 0.279 e. The number of anilines is 1.